The van der Waals surface area contributed by atoms with Crippen LogP contribution in [-0.2, 0) is 29.3 Å². The SMILES string of the molecule is COC(=O)N1C(=O)[C@H]2[C@H](CC=C3[C@H]2C[C@H]2C(=O)N(c4cccc(Cl)c4)C(=O)[C@@]2(c2ccccc2)[C@H]3c2c(O)cccc2OC)C1=O. The molecule has 7 rings (SSSR count). The predicted octanol–water partition coefficient (Wildman–Crippen LogP) is 4.98. The number of methoxy groups -OCH3 is 2. The van der Waals surface area contributed by atoms with Crippen LogP contribution in [0.25, 0.3) is 0 Å². The van der Waals surface area contributed by atoms with Crippen LogP contribution in [0.3, 0.4) is 0 Å². The lowest BCUT2D eigenvalue weighted by molar-refractivity contribution is -0.138. The number of ether oxygens (including phenoxy) is 2. The van der Waals surface area contributed by atoms with Gasteiger partial charge in [0.25, 0.3) is 0 Å². The molecule has 4 aliphatic rings. The molecule has 2 heterocycles. The van der Waals surface area contributed by atoms with E-state index >= 15 is 4.79 Å². The van der Waals surface area contributed by atoms with Gasteiger partial charge in [0.05, 0.1) is 43.1 Å². The topological polar surface area (TPSA) is 131 Å². The fourth-order valence-electron chi connectivity index (χ4n) is 8.33. The van der Waals surface area contributed by atoms with Gasteiger partial charge in [-0.3, -0.25) is 19.2 Å². The third-order valence-electron chi connectivity index (χ3n) is 10.1. The summed E-state index contributed by atoms with van der Waals surface area (Å²) in [5.41, 5.74) is 0.140. The summed E-state index contributed by atoms with van der Waals surface area (Å²) in [6.45, 7) is 0. The number of phenolic OH excluding ortho intramolecular Hbond substituents is 1. The lowest BCUT2D eigenvalue weighted by Gasteiger charge is -2.50. The Morgan fingerprint density at radius 3 is 2.35 bits per heavy atom. The Kier molecular flexibility index (Phi) is 7.01. The van der Waals surface area contributed by atoms with Gasteiger partial charge >= 0.3 is 6.09 Å². The maximum atomic E-state index is 15.2. The first kappa shape index (κ1) is 29.7. The Morgan fingerprint density at radius 1 is 0.913 bits per heavy atom. The average molecular weight is 641 g/mol. The van der Waals surface area contributed by atoms with E-state index < -0.39 is 64.7 Å². The summed E-state index contributed by atoms with van der Waals surface area (Å²) in [7, 11) is 2.54. The van der Waals surface area contributed by atoms with Gasteiger partial charge in [0.15, 0.2) is 0 Å². The smallest absolute Gasteiger partial charge is 0.423 e. The molecule has 0 bridgehead atoms. The van der Waals surface area contributed by atoms with Crippen molar-refractivity contribution in [1.82, 2.24) is 4.90 Å². The van der Waals surface area contributed by atoms with Crippen LogP contribution in [0.1, 0.15) is 29.9 Å². The molecule has 0 radical (unpaired) electrons. The fourth-order valence-corrected chi connectivity index (χ4v) is 8.51. The first-order valence-corrected chi connectivity index (χ1v) is 15.3. The molecule has 46 heavy (non-hydrogen) atoms. The number of hydrogen-bond acceptors (Lipinski definition) is 8. The Hall–Kier alpha value is -4.96. The van der Waals surface area contributed by atoms with Gasteiger partial charge in [-0.1, -0.05) is 65.7 Å². The Labute approximate surface area is 269 Å². The molecule has 5 amide bonds. The second kappa shape index (κ2) is 10.8. The minimum Gasteiger partial charge on any atom is -0.508 e. The van der Waals surface area contributed by atoms with E-state index in [-0.39, 0.29) is 35.6 Å². The molecule has 2 saturated heterocycles. The van der Waals surface area contributed by atoms with Crippen molar-refractivity contribution >= 4 is 47.0 Å². The van der Waals surface area contributed by atoms with Crippen LogP contribution in [-0.4, -0.2) is 53.9 Å². The van der Waals surface area contributed by atoms with Gasteiger partial charge in [0.1, 0.15) is 11.5 Å². The van der Waals surface area contributed by atoms with Gasteiger partial charge in [0.2, 0.25) is 23.6 Å². The quantitative estimate of drug-likeness (QED) is 0.312. The van der Waals surface area contributed by atoms with Crippen LogP contribution in [0, 0.1) is 23.7 Å². The zero-order chi connectivity index (χ0) is 32.5. The van der Waals surface area contributed by atoms with E-state index in [1.165, 1.54) is 13.2 Å². The number of carbonyl (C=O) groups is 5. The lowest BCUT2D eigenvalue weighted by Crippen LogP contribution is -2.53. The maximum absolute atomic E-state index is 15.2. The molecular weight excluding hydrogens is 612 g/mol. The van der Waals surface area contributed by atoms with E-state index in [2.05, 4.69) is 0 Å². The molecule has 2 aliphatic carbocycles. The van der Waals surface area contributed by atoms with Crippen molar-refractivity contribution in [3.8, 4) is 11.5 Å². The number of likely N-dealkylation sites (tertiary alicyclic amines) is 1. The first-order valence-electron chi connectivity index (χ1n) is 14.9. The Bertz CT molecular complexity index is 1860. The van der Waals surface area contributed by atoms with Gasteiger partial charge in [-0.25, -0.2) is 9.69 Å². The van der Waals surface area contributed by atoms with Gasteiger partial charge in [-0.2, -0.15) is 4.90 Å². The molecule has 1 N–H and O–H groups in total. The third kappa shape index (κ3) is 3.92. The van der Waals surface area contributed by atoms with E-state index in [0.717, 1.165) is 12.0 Å². The second-order valence-corrected chi connectivity index (χ2v) is 12.4. The first-order chi connectivity index (χ1) is 22.2. The molecule has 6 atom stereocenters. The number of benzene rings is 3. The summed E-state index contributed by atoms with van der Waals surface area (Å²) in [6.07, 6.45) is 0.897. The minimum atomic E-state index is -1.59. The number of rotatable bonds is 4. The minimum absolute atomic E-state index is 0.0317. The highest BCUT2D eigenvalue weighted by Gasteiger charge is 2.71. The fraction of sp³-hybridized carbons (Fsp3) is 0.286. The summed E-state index contributed by atoms with van der Waals surface area (Å²) in [4.78, 5) is 71.4. The number of hydrogen-bond donors (Lipinski definition) is 1. The summed E-state index contributed by atoms with van der Waals surface area (Å²) in [5.74, 6) is -6.86. The molecule has 3 fully saturated rings. The van der Waals surface area contributed by atoms with Crippen LogP contribution in [0.2, 0.25) is 5.02 Å². The Morgan fingerprint density at radius 2 is 1.65 bits per heavy atom. The number of halogens is 1. The molecule has 3 aromatic carbocycles. The van der Waals surface area contributed by atoms with Crippen molar-refractivity contribution < 1.29 is 38.6 Å². The molecule has 0 aromatic heterocycles. The molecule has 1 saturated carbocycles. The summed E-state index contributed by atoms with van der Waals surface area (Å²) < 4.78 is 10.5. The molecule has 0 spiro atoms. The third-order valence-corrected chi connectivity index (χ3v) is 10.3. The van der Waals surface area contributed by atoms with Crippen LogP contribution in [0.4, 0.5) is 10.5 Å². The van der Waals surface area contributed by atoms with Crippen molar-refractivity contribution in [3.63, 3.8) is 0 Å². The molecule has 10 nitrogen and oxygen atoms in total. The molecule has 3 aromatic rings. The van der Waals surface area contributed by atoms with Crippen LogP contribution in [0.5, 0.6) is 11.5 Å². The van der Waals surface area contributed by atoms with Crippen LogP contribution in [0.15, 0.2) is 84.4 Å². The maximum Gasteiger partial charge on any atom is 0.423 e. The number of imide groups is 4. The molecular formula is C35H29ClN2O8. The Balaban J connectivity index is 1.53. The number of amides is 5. The summed E-state index contributed by atoms with van der Waals surface area (Å²) >= 11 is 6.33. The number of aromatic hydroxyl groups is 1. The monoisotopic (exact) mass is 640 g/mol. The lowest BCUT2D eigenvalue weighted by atomic mass is 9.49. The predicted molar refractivity (Wildman–Crippen MR) is 165 cm³/mol. The second-order valence-electron chi connectivity index (χ2n) is 12.0. The number of carbonyl (C=O) groups excluding carboxylic acids is 5. The molecule has 11 heteroatoms. The van der Waals surface area contributed by atoms with Gasteiger partial charge in [-0.05, 0) is 54.7 Å². The summed E-state index contributed by atoms with van der Waals surface area (Å²) in [6, 6.07) is 20.2. The van der Waals surface area contributed by atoms with Crippen LogP contribution >= 0.6 is 11.6 Å². The van der Waals surface area contributed by atoms with Crippen LogP contribution < -0.4 is 9.64 Å². The number of phenols is 1. The van der Waals surface area contributed by atoms with E-state index in [1.54, 1.807) is 66.7 Å². The standard InChI is InChI=1S/C35H29ClN2O8/c1-45-26-13-7-12-25(39)28(26)29-21-14-15-22-27(32(42)38(30(22)40)34(44)46-2)23(21)17-24-31(41)37(20-11-6-10-19(36)16-20)33(43)35(24,29)18-8-4-3-5-9-18/h3-14,16,22-24,27,29,39H,15,17H2,1-2H3/t22-,23+,24-,27-,29+,35+/m0/s1. The number of allylic oxidation sites excluding steroid dienone is 2. The zero-order valence-corrected chi connectivity index (χ0v) is 25.6. The summed E-state index contributed by atoms with van der Waals surface area (Å²) in [5, 5.41) is 11.9. The molecule has 2 aliphatic heterocycles. The van der Waals surface area contributed by atoms with Crippen molar-refractivity contribution in [2.24, 2.45) is 23.7 Å². The normalized spacial score (nSPS) is 28.4. The van der Waals surface area contributed by atoms with Crippen molar-refractivity contribution in [3.05, 3.63) is 101 Å². The van der Waals surface area contributed by atoms with Crippen molar-refractivity contribution in [2.75, 3.05) is 19.1 Å². The zero-order valence-electron chi connectivity index (χ0n) is 24.9. The van der Waals surface area contributed by atoms with Crippen molar-refractivity contribution in [1.29, 1.82) is 0 Å². The van der Waals surface area contributed by atoms with E-state index in [9.17, 15) is 24.3 Å². The van der Waals surface area contributed by atoms with Gasteiger partial charge in [-0.15, -0.1) is 0 Å². The largest absolute Gasteiger partial charge is 0.508 e. The number of anilines is 1. The number of fused-ring (bicyclic) bond motifs is 4. The average Bonchev–Trinajstić information content (AvgIpc) is 3.45. The van der Waals surface area contributed by atoms with E-state index in [0.29, 0.717) is 21.1 Å². The van der Waals surface area contributed by atoms with E-state index in [4.69, 9.17) is 21.1 Å². The van der Waals surface area contributed by atoms with Gasteiger partial charge < -0.3 is 14.6 Å². The molecule has 234 valence electrons. The number of nitrogens with zero attached hydrogens (tertiary/aromatic N) is 2. The highest BCUT2D eigenvalue weighted by atomic mass is 35.5. The molecule has 0 unspecified atom stereocenters. The highest BCUT2D eigenvalue weighted by molar-refractivity contribution is 6.32. The van der Waals surface area contributed by atoms with Gasteiger partial charge in [0, 0.05) is 16.5 Å². The van der Waals surface area contributed by atoms with E-state index in [1.807, 2.05) is 6.08 Å². The highest BCUT2D eigenvalue weighted by Crippen LogP contribution is 2.66. The van der Waals surface area contributed by atoms with Crippen molar-refractivity contribution in [2.45, 2.75) is 24.2 Å².